The number of rotatable bonds is 10. The maximum absolute atomic E-state index is 13.7. The van der Waals surface area contributed by atoms with E-state index in [1.807, 2.05) is 91.9 Å². The number of carbonyl (C=O) groups excluding carboxylic acids is 2. The van der Waals surface area contributed by atoms with Crippen LogP contribution >= 0.6 is 0 Å². The van der Waals surface area contributed by atoms with E-state index in [9.17, 15) is 9.59 Å². The zero-order valence-electron chi connectivity index (χ0n) is 19.8. The highest BCUT2D eigenvalue weighted by Gasteiger charge is 2.30. The lowest BCUT2D eigenvalue weighted by Gasteiger charge is -2.32. The maximum Gasteiger partial charge on any atom is 0.243 e. The zero-order chi connectivity index (χ0) is 23.6. The molecule has 0 heterocycles. The molecule has 0 aromatic heterocycles. The van der Waals surface area contributed by atoms with Crippen molar-refractivity contribution in [3.05, 3.63) is 107 Å². The first-order chi connectivity index (χ1) is 15.9. The molecule has 0 fully saturated rings. The van der Waals surface area contributed by atoms with E-state index in [4.69, 9.17) is 0 Å². The van der Waals surface area contributed by atoms with Gasteiger partial charge in [-0.1, -0.05) is 98.8 Å². The summed E-state index contributed by atoms with van der Waals surface area (Å²) in [6, 6.07) is 27.1. The monoisotopic (exact) mass is 442 g/mol. The van der Waals surface area contributed by atoms with Crippen LogP contribution in [-0.4, -0.2) is 29.3 Å². The Morgan fingerprint density at radius 1 is 0.818 bits per heavy atom. The number of aryl methyl sites for hydroxylation is 1. The molecule has 4 heteroatoms. The summed E-state index contributed by atoms with van der Waals surface area (Å²) in [7, 11) is 0. The van der Waals surface area contributed by atoms with E-state index in [1.54, 1.807) is 4.90 Å². The number of carbonyl (C=O) groups is 2. The Morgan fingerprint density at radius 3 is 2.00 bits per heavy atom. The molecule has 0 bridgehead atoms. The molecule has 1 N–H and O–H groups in total. The van der Waals surface area contributed by atoms with Crippen LogP contribution in [0.4, 0.5) is 0 Å². The van der Waals surface area contributed by atoms with Gasteiger partial charge in [0.1, 0.15) is 6.04 Å². The van der Waals surface area contributed by atoms with Crippen molar-refractivity contribution < 1.29 is 9.59 Å². The van der Waals surface area contributed by atoms with Gasteiger partial charge in [0, 0.05) is 19.5 Å². The molecule has 0 aliphatic rings. The molecule has 0 saturated carbocycles. The second kappa shape index (κ2) is 12.0. The molecule has 2 amide bonds. The summed E-state index contributed by atoms with van der Waals surface area (Å²) < 4.78 is 0. The molecule has 3 rings (SSSR count). The van der Waals surface area contributed by atoms with Gasteiger partial charge in [0.15, 0.2) is 0 Å². The quantitative estimate of drug-likeness (QED) is 0.483. The number of hydrogen-bond donors (Lipinski definition) is 1. The minimum Gasteiger partial charge on any atom is -0.354 e. The SMILES string of the molecule is Cc1ccccc1CC(=O)N(Cc1ccccc1)[C@@H](Cc1ccccc1)C(=O)NCC(C)C. The lowest BCUT2D eigenvalue weighted by molar-refractivity contribution is -0.140. The van der Waals surface area contributed by atoms with Gasteiger partial charge in [-0.15, -0.1) is 0 Å². The second-order valence-electron chi connectivity index (χ2n) is 8.96. The van der Waals surface area contributed by atoms with Crippen LogP contribution in [0, 0.1) is 12.8 Å². The van der Waals surface area contributed by atoms with Crippen LogP contribution in [0.3, 0.4) is 0 Å². The van der Waals surface area contributed by atoms with Crippen LogP contribution < -0.4 is 5.32 Å². The third-order valence-electron chi connectivity index (χ3n) is 5.75. The molecule has 1 atom stereocenters. The smallest absolute Gasteiger partial charge is 0.243 e. The fraction of sp³-hybridized carbons (Fsp3) is 0.310. The van der Waals surface area contributed by atoms with E-state index in [2.05, 4.69) is 19.2 Å². The average molecular weight is 443 g/mol. The van der Waals surface area contributed by atoms with Crippen molar-refractivity contribution in [3.63, 3.8) is 0 Å². The van der Waals surface area contributed by atoms with Gasteiger partial charge in [-0.3, -0.25) is 9.59 Å². The summed E-state index contributed by atoms with van der Waals surface area (Å²) in [6.45, 7) is 7.11. The Kier molecular flexibility index (Phi) is 8.82. The zero-order valence-corrected chi connectivity index (χ0v) is 19.8. The highest BCUT2D eigenvalue weighted by molar-refractivity contribution is 5.89. The van der Waals surface area contributed by atoms with E-state index in [0.717, 1.165) is 22.3 Å². The number of benzene rings is 3. The summed E-state index contributed by atoms with van der Waals surface area (Å²) in [6.07, 6.45) is 0.735. The van der Waals surface area contributed by atoms with Crippen molar-refractivity contribution in [1.29, 1.82) is 0 Å². The van der Waals surface area contributed by atoms with Crippen LogP contribution in [-0.2, 0) is 29.0 Å². The third kappa shape index (κ3) is 7.31. The van der Waals surface area contributed by atoms with E-state index in [1.165, 1.54) is 0 Å². The average Bonchev–Trinajstić information content (AvgIpc) is 2.82. The van der Waals surface area contributed by atoms with Crippen LogP contribution in [0.1, 0.15) is 36.1 Å². The Morgan fingerprint density at radius 2 is 1.39 bits per heavy atom. The van der Waals surface area contributed by atoms with E-state index >= 15 is 0 Å². The molecular formula is C29H34N2O2. The van der Waals surface area contributed by atoms with Crippen LogP contribution in [0.5, 0.6) is 0 Å². The fourth-order valence-electron chi connectivity index (χ4n) is 3.83. The van der Waals surface area contributed by atoms with E-state index in [-0.39, 0.29) is 18.2 Å². The molecule has 0 aliphatic carbocycles. The summed E-state index contributed by atoms with van der Waals surface area (Å²) in [4.78, 5) is 28.8. The second-order valence-corrected chi connectivity index (χ2v) is 8.96. The molecule has 0 radical (unpaired) electrons. The Hall–Kier alpha value is -3.40. The van der Waals surface area contributed by atoms with Gasteiger partial charge in [-0.05, 0) is 35.1 Å². The van der Waals surface area contributed by atoms with Crippen molar-refractivity contribution in [2.24, 2.45) is 5.92 Å². The van der Waals surface area contributed by atoms with Crippen molar-refractivity contribution in [2.75, 3.05) is 6.54 Å². The topological polar surface area (TPSA) is 49.4 Å². The summed E-state index contributed by atoms with van der Waals surface area (Å²) in [5, 5.41) is 3.07. The van der Waals surface area contributed by atoms with Gasteiger partial charge in [-0.25, -0.2) is 0 Å². The lowest BCUT2D eigenvalue weighted by atomic mass is 10.00. The largest absolute Gasteiger partial charge is 0.354 e. The molecular weight excluding hydrogens is 408 g/mol. The molecule has 4 nitrogen and oxygen atoms in total. The minimum absolute atomic E-state index is 0.0474. The maximum atomic E-state index is 13.7. The van der Waals surface area contributed by atoms with Crippen molar-refractivity contribution >= 4 is 11.8 Å². The molecule has 172 valence electrons. The molecule has 33 heavy (non-hydrogen) atoms. The van der Waals surface area contributed by atoms with Gasteiger partial charge in [0.25, 0.3) is 0 Å². The van der Waals surface area contributed by atoms with Crippen molar-refractivity contribution in [3.8, 4) is 0 Å². The van der Waals surface area contributed by atoms with Crippen LogP contribution in [0.25, 0.3) is 0 Å². The van der Waals surface area contributed by atoms with Crippen molar-refractivity contribution in [2.45, 2.75) is 46.2 Å². The van der Waals surface area contributed by atoms with E-state index in [0.29, 0.717) is 25.4 Å². The van der Waals surface area contributed by atoms with Crippen LogP contribution in [0.2, 0.25) is 0 Å². The molecule has 0 aliphatic heterocycles. The van der Waals surface area contributed by atoms with Gasteiger partial charge in [0.2, 0.25) is 11.8 Å². The predicted octanol–water partition coefficient (Wildman–Crippen LogP) is 4.95. The summed E-state index contributed by atoms with van der Waals surface area (Å²) in [5.41, 5.74) is 4.10. The lowest BCUT2D eigenvalue weighted by Crippen LogP contribution is -2.51. The number of amides is 2. The van der Waals surface area contributed by atoms with Gasteiger partial charge in [-0.2, -0.15) is 0 Å². The van der Waals surface area contributed by atoms with Gasteiger partial charge < -0.3 is 10.2 Å². The fourth-order valence-corrected chi connectivity index (χ4v) is 3.83. The first-order valence-electron chi connectivity index (χ1n) is 11.6. The highest BCUT2D eigenvalue weighted by atomic mass is 16.2. The molecule has 0 saturated heterocycles. The Balaban J connectivity index is 1.94. The number of hydrogen-bond acceptors (Lipinski definition) is 2. The van der Waals surface area contributed by atoms with Crippen LogP contribution in [0.15, 0.2) is 84.9 Å². The number of nitrogens with zero attached hydrogens (tertiary/aromatic N) is 1. The molecule has 0 unspecified atom stereocenters. The molecule has 3 aromatic carbocycles. The third-order valence-corrected chi connectivity index (χ3v) is 5.75. The molecule has 3 aromatic rings. The minimum atomic E-state index is -0.595. The van der Waals surface area contributed by atoms with Gasteiger partial charge >= 0.3 is 0 Å². The highest BCUT2D eigenvalue weighted by Crippen LogP contribution is 2.18. The molecule has 0 spiro atoms. The number of nitrogens with one attached hydrogen (secondary N) is 1. The Labute approximate surface area is 197 Å². The normalized spacial score (nSPS) is 11.8. The van der Waals surface area contributed by atoms with Gasteiger partial charge in [0.05, 0.1) is 6.42 Å². The first kappa shape index (κ1) is 24.2. The Bertz CT molecular complexity index is 1030. The van der Waals surface area contributed by atoms with Crippen molar-refractivity contribution in [1.82, 2.24) is 10.2 Å². The summed E-state index contributed by atoms with van der Waals surface area (Å²) >= 11 is 0. The van der Waals surface area contributed by atoms with E-state index < -0.39 is 6.04 Å². The first-order valence-corrected chi connectivity index (χ1v) is 11.6. The standard InChI is InChI=1S/C29H34N2O2/c1-22(2)20-30-29(33)27(18-24-13-6-4-7-14-24)31(21-25-15-8-5-9-16-25)28(32)19-26-17-11-10-12-23(26)3/h4-17,22,27H,18-21H2,1-3H3,(H,30,33)/t27-/m0/s1. The predicted molar refractivity (Wildman–Crippen MR) is 134 cm³/mol. The summed E-state index contributed by atoms with van der Waals surface area (Å²) in [5.74, 6) is 0.173.